The van der Waals surface area contributed by atoms with Gasteiger partial charge in [-0.05, 0) is 11.5 Å². The first kappa shape index (κ1) is 9.77. The van der Waals surface area contributed by atoms with Crippen LogP contribution in [0.3, 0.4) is 0 Å². The predicted octanol–water partition coefficient (Wildman–Crippen LogP) is 3.65. The van der Waals surface area contributed by atoms with Crippen LogP contribution in [-0.4, -0.2) is 11.0 Å². The molecule has 0 aliphatic rings. The van der Waals surface area contributed by atoms with Gasteiger partial charge in [0.15, 0.2) is 0 Å². The monoisotopic (exact) mass is 298 g/mol. The van der Waals surface area contributed by atoms with E-state index < -0.39 is 0 Å². The van der Waals surface area contributed by atoms with Crippen molar-refractivity contribution in [2.75, 3.05) is 11.0 Å². The zero-order chi connectivity index (χ0) is 9.80. The van der Waals surface area contributed by atoms with Crippen molar-refractivity contribution in [1.82, 2.24) is 0 Å². The standard InChI is InChI=1S/C12H11IO/c13-8-9-14-12-7-3-5-10-4-1-2-6-11(10)12/h1-7H,8-9H2. The molecule has 1 nitrogen and oxygen atoms in total. The highest BCUT2D eigenvalue weighted by molar-refractivity contribution is 14.1. The van der Waals surface area contributed by atoms with E-state index in [2.05, 4.69) is 40.8 Å². The minimum absolute atomic E-state index is 0.772. The molecular formula is C12H11IO. The van der Waals surface area contributed by atoms with Gasteiger partial charge in [0.1, 0.15) is 5.75 Å². The average Bonchev–Trinajstić information content (AvgIpc) is 2.26. The number of fused-ring (bicyclic) bond motifs is 1. The first-order valence-electron chi connectivity index (χ1n) is 4.58. The quantitative estimate of drug-likeness (QED) is 0.621. The molecule has 2 heteroatoms. The van der Waals surface area contributed by atoms with E-state index in [4.69, 9.17) is 4.74 Å². The summed E-state index contributed by atoms with van der Waals surface area (Å²) in [6.45, 7) is 0.772. The van der Waals surface area contributed by atoms with Crippen molar-refractivity contribution >= 4 is 33.4 Å². The zero-order valence-electron chi connectivity index (χ0n) is 7.74. The molecule has 2 aromatic rings. The van der Waals surface area contributed by atoms with Crippen molar-refractivity contribution in [2.24, 2.45) is 0 Å². The number of halogens is 1. The van der Waals surface area contributed by atoms with Gasteiger partial charge in [-0.3, -0.25) is 0 Å². The van der Waals surface area contributed by atoms with Crippen LogP contribution < -0.4 is 4.74 Å². The summed E-state index contributed by atoms with van der Waals surface area (Å²) in [6.07, 6.45) is 0. The van der Waals surface area contributed by atoms with Gasteiger partial charge >= 0.3 is 0 Å². The Hall–Kier alpha value is -0.770. The molecule has 0 bridgehead atoms. The molecule has 0 radical (unpaired) electrons. The summed E-state index contributed by atoms with van der Waals surface area (Å²) in [5.41, 5.74) is 0. The van der Waals surface area contributed by atoms with Crippen molar-refractivity contribution in [3.05, 3.63) is 42.5 Å². The van der Waals surface area contributed by atoms with Crippen LogP contribution in [0.15, 0.2) is 42.5 Å². The summed E-state index contributed by atoms with van der Waals surface area (Å²) in [5.74, 6) is 0.986. The third-order valence-electron chi connectivity index (χ3n) is 2.08. The van der Waals surface area contributed by atoms with E-state index >= 15 is 0 Å². The Morgan fingerprint density at radius 3 is 2.64 bits per heavy atom. The molecule has 0 amide bonds. The SMILES string of the molecule is ICCOc1cccc2ccccc12. The smallest absolute Gasteiger partial charge is 0.127 e. The Morgan fingerprint density at radius 1 is 1.00 bits per heavy atom. The predicted molar refractivity (Wildman–Crippen MR) is 68.3 cm³/mol. The summed E-state index contributed by atoms with van der Waals surface area (Å²) >= 11 is 2.31. The van der Waals surface area contributed by atoms with Crippen LogP contribution in [0.2, 0.25) is 0 Å². The van der Waals surface area contributed by atoms with E-state index in [1.807, 2.05) is 24.3 Å². The Morgan fingerprint density at radius 2 is 1.79 bits per heavy atom. The fourth-order valence-corrected chi connectivity index (χ4v) is 1.69. The second-order valence-electron chi connectivity index (χ2n) is 3.01. The van der Waals surface area contributed by atoms with Gasteiger partial charge < -0.3 is 4.74 Å². The summed E-state index contributed by atoms with van der Waals surface area (Å²) in [6, 6.07) is 14.4. The van der Waals surface area contributed by atoms with Crippen molar-refractivity contribution in [3.63, 3.8) is 0 Å². The number of benzene rings is 2. The Labute approximate surface area is 97.2 Å². The number of alkyl halides is 1. The van der Waals surface area contributed by atoms with E-state index in [0.717, 1.165) is 16.8 Å². The Balaban J connectivity index is 2.43. The van der Waals surface area contributed by atoms with Gasteiger partial charge in [-0.15, -0.1) is 0 Å². The van der Waals surface area contributed by atoms with Crippen LogP contribution in [0.5, 0.6) is 5.75 Å². The normalized spacial score (nSPS) is 10.4. The highest BCUT2D eigenvalue weighted by Gasteiger charge is 1.99. The molecule has 0 atom stereocenters. The largest absolute Gasteiger partial charge is 0.492 e. The van der Waals surface area contributed by atoms with Gasteiger partial charge in [-0.1, -0.05) is 59.0 Å². The molecule has 0 spiro atoms. The number of hydrogen-bond donors (Lipinski definition) is 0. The van der Waals surface area contributed by atoms with Crippen molar-refractivity contribution in [3.8, 4) is 5.75 Å². The zero-order valence-corrected chi connectivity index (χ0v) is 9.90. The van der Waals surface area contributed by atoms with Crippen molar-refractivity contribution < 1.29 is 4.74 Å². The van der Waals surface area contributed by atoms with E-state index in [1.54, 1.807) is 0 Å². The summed E-state index contributed by atoms with van der Waals surface area (Å²) in [5, 5.41) is 2.43. The molecule has 14 heavy (non-hydrogen) atoms. The van der Waals surface area contributed by atoms with E-state index in [9.17, 15) is 0 Å². The Kier molecular flexibility index (Phi) is 3.24. The maximum atomic E-state index is 5.66. The topological polar surface area (TPSA) is 9.23 Å². The molecule has 0 unspecified atom stereocenters. The summed E-state index contributed by atoms with van der Waals surface area (Å²) in [4.78, 5) is 0. The average molecular weight is 298 g/mol. The van der Waals surface area contributed by atoms with E-state index in [1.165, 1.54) is 10.8 Å². The minimum atomic E-state index is 0.772. The summed E-state index contributed by atoms with van der Waals surface area (Å²) in [7, 11) is 0. The molecule has 0 saturated carbocycles. The van der Waals surface area contributed by atoms with Gasteiger partial charge in [-0.25, -0.2) is 0 Å². The number of rotatable bonds is 3. The molecule has 0 aliphatic heterocycles. The van der Waals surface area contributed by atoms with Crippen LogP contribution in [0.1, 0.15) is 0 Å². The number of ether oxygens (including phenoxy) is 1. The number of hydrogen-bond acceptors (Lipinski definition) is 1. The second kappa shape index (κ2) is 4.64. The second-order valence-corrected chi connectivity index (χ2v) is 4.09. The molecule has 0 N–H and O–H groups in total. The molecule has 72 valence electrons. The molecule has 0 aliphatic carbocycles. The minimum Gasteiger partial charge on any atom is -0.492 e. The lowest BCUT2D eigenvalue weighted by Gasteiger charge is -2.07. The van der Waals surface area contributed by atoms with Crippen LogP contribution in [-0.2, 0) is 0 Å². The lowest BCUT2D eigenvalue weighted by Crippen LogP contribution is -1.97. The maximum Gasteiger partial charge on any atom is 0.127 e. The Bertz CT molecular complexity index is 420. The molecule has 0 aromatic heterocycles. The van der Waals surface area contributed by atoms with E-state index in [0.29, 0.717) is 0 Å². The highest BCUT2D eigenvalue weighted by Crippen LogP contribution is 2.24. The van der Waals surface area contributed by atoms with Crippen LogP contribution in [0.25, 0.3) is 10.8 Å². The molecular weight excluding hydrogens is 287 g/mol. The lowest BCUT2D eigenvalue weighted by molar-refractivity contribution is 0.350. The van der Waals surface area contributed by atoms with Gasteiger partial charge in [0.25, 0.3) is 0 Å². The molecule has 2 aromatic carbocycles. The first-order chi connectivity index (χ1) is 6.92. The molecule has 0 saturated heterocycles. The summed E-state index contributed by atoms with van der Waals surface area (Å²) < 4.78 is 6.68. The third kappa shape index (κ3) is 2.00. The highest BCUT2D eigenvalue weighted by atomic mass is 127. The van der Waals surface area contributed by atoms with Crippen LogP contribution >= 0.6 is 22.6 Å². The molecule has 2 rings (SSSR count). The fraction of sp³-hybridized carbons (Fsp3) is 0.167. The van der Waals surface area contributed by atoms with Crippen molar-refractivity contribution in [1.29, 1.82) is 0 Å². The van der Waals surface area contributed by atoms with Crippen LogP contribution in [0.4, 0.5) is 0 Å². The van der Waals surface area contributed by atoms with Gasteiger partial charge in [0.05, 0.1) is 6.61 Å². The van der Waals surface area contributed by atoms with E-state index in [-0.39, 0.29) is 0 Å². The van der Waals surface area contributed by atoms with Crippen LogP contribution in [0, 0.1) is 0 Å². The first-order valence-corrected chi connectivity index (χ1v) is 6.11. The maximum absolute atomic E-state index is 5.66. The molecule has 0 heterocycles. The fourth-order valence-electron chi connectivity index (χ4n) is 1.47. The lowest BCUT2D eigenvalue weighted by atomic mass is 10.1. The molecule has 0 fully saturated rings. The van der Waals surface area contributed by atoms with Gasteiger partial charge in [-0.2, -0.15) is 0 Å². The van der Waals surface area contributed by atoms with Gasteiger partial charge in [0, 0.05) is 9.81 Å². The third-order valence-corrected chi connectivity index (χ3v) is 2.52. The van der Waals surface area contributed by atoms with Crippen molar-refractivity contribution in [2.45, 2.75) is 0 Å². The van der Waals surface area contributed by atoms with Gasteiger partial charge in [0.2, 0.25) is 0 Å².